The molecule has 0 N–H and O–H groups in total. The molecule has 0 aromatic heterocycles. The average molecular weight is 323 g/mol. The van der Waals surface area contributed by atoms with Crippen LogP contribution in [-0.2, 0) is 29.3 Å². The van der Waals surface area contributed by atoms with Gasteiger partial charge >= 0.3 is 11.9 Å². The quantitative estimate of drug-likeness (QED) is 0.631. The molecule has 3 rings (SSSR count). The fourth-order valence-corrected chi connectivity index (χ4v) is 2.91. The molecule has 1 aromatic carbocycles. The second-order valence-electron chi connectivity index (χ2n) is 6.13. The van der Waals surface area contributed by atoms with Crippen LogP contribution in [0.2, 0.25) is 5.02 Å². The molecule has 1 saturated carbocycles. The number of ether oxygens (including phenoxy) is 2. The third-order valence-corrected chi connectivity index (χ3v) is 4.30. The number of carbonyl (C=O) groups is 3. The third kappa shape index (κ3) is 2.39. The number of Topliss-reactive ketones (excluding diaryl/α,β-unsaturated/α-hetero) is 1. The van der Waals surface area contributed by atoms with Crippen molar-refractivity contribution in [2.45, 2.75) is 37.9 Å². The molecule has 116 valence electrons. The zero-order valence-electron chi connectivity index (χ0n) is 12.2. The third-order valence-electron chi connectivity index (χ3n) is 4.04. The van der Waals surface area contributed by atoms with Crippen LogP contribution in [0.1, 0.15) is 32.3 Å². The molecule has 5 nitrogen and oxygen atoms in total. The minimum Gasteiger partial charge on any atom is -0.422 e. The lowest BCUT2D eigenvalue weighted by molar-refractivity contribution is -0.238. The van der Waals surface area contributed by atoms with E-state index in [0.717, 1.165) is 5.56 Å². The minimum absolute atomic E-state index is 0.458. The number of ketones is 1. The summed E-state index contributed by atoms with van der Waals surface area (Å²) in [5.74, 6) is -4.98. The Kier molecular flexibility index (Phi) is 3.29. The molecule has 0 amide bonds. The van der Waals surface area contributed by atoms with Gasteiger partial charge in [0, 0.05) is 18.9 Å². The van der Waals surface area contributed by atoms with Gasteiger partial charge in [0.2, 0.25) is 5.92 Å². The number of cyclic esters (lactones) is 2. The largest absolute Gasteiger partial charge is 0.422 e. The van der Waals surface area contributed by atoms with Gasteiger partial charge in [0.1, 0.15) is 0 Å². The van der Waals surface area contributed by atoms with E-state index < -0.39 is 34.8 Å². The lowest BCUT2D eigenvalue weighted by Crippen LogP contribution is -2.51. The number of halogens is 1. The van der Waals surface area contributed by atoms with E-state index in [1.165, 1.54) is 13.8 Å². The van der Waals surface area contributed by atoms with Gasteiger partial charge in [-0.15, -0.1) is 0 Å². The predicted molar refractivity (Wildman–Crippen MR) is 77.1 cm³/mol. The zero-order valence-corrected chi connectivity index (χ0v) is 13.0. The summed E-state index contributed by atoms with van der Waals surface area (Å²) in [5.41, 5.74) is -0.0539. The molecular weight excluding hydrogens is 308 g/mol. The van der Waals surface area contributed by atoms with Crippen LogP contribution < -0.4 is 0 Å². The van der Waals surface area contributed by atoms with E-state index in [-0.39, 0.29) is 0 Å². The number of rotatable bonds is 3. The van der Waals surface area contributed by atoms with Gasteiger partial charge in [0.15, 0.2) is 5.78 Å². The Morgan fingerprint density at radius 3 is 2.05 bits per heavy atom. The number of esters is 2. The van der Waals surface area contributed by atoms with Crippen molar-refractivity contribution in [3.63, 3.8) is 0 Å². The summed E-state index contributed by atoms with van der Waals surface area (Å²) < 4.78 is 10.1. The number of hydrogen-bond donors (Lipinski definition) is 0. The molecular formula is C16H15ClO5. The molecule has 2 aliphatic rings. The van der Waals surface area contributed by atoms with E-state index in [2.05, 4.69) is 0 Å². The summed E-state index contributed by atoms with van der Waals surface area (Å²) in [4.78, 5) is 36.9. The lowest BCUT2D eigenvalue weighted by atomic mass is 9.84. The monoisotopic (exact) mass is 322 g/mol. The molecule has 0 spiro atoms. The summed E-state index contributed by atoms with van der Waals surface area (Å²) in [6.45, 7) is 2.91. The summed E-state index contributed by atoms with van der Waals surface area (Å²) in [6, 6.07) is 6.86. The van der Waals surface area contributed by atoms with E-state index in [1.54, 1.807) is 24.3 Å². The first kappa shape index (κ1) is 15.0. The fourth-order valence-electron chi connectivity index (χ4n) is 2.78. The molecule has 0 unspecified atom stereocenters. The van der Waals surface area contributed by atoms with Crippen molar-refractivity contribution in [2.24, 2.45) is 5.92 Å². The van der Waals surface area contributed by atoms with E-state index in [0.29, 0.717) is 17.9 Å². The summed E-state index contributed by atoms with van der Waals surface area (Å²) in [7, 11) is 0. The van der Waals surface area contributed by atoms with E-state index >= 15 is 0 Å². The summed E-state index contributed by atoms with van der Waals surface area (Å²) in [6.07, 6.45) is 1.18. The van der Waals surface area contributed by atoms with Crippen molar-refractivity contribution in [3.05, 3.63) is 34.9 Å². The summed E-state index contributed by atoms with van der Waals surface area (Å²) in [5, 5.41) is 0.560. The molecule has 0 radical (unpaired) electrons. The molecule has 1 aromatic rings. The van der Waals surface area contributed by atoms with Gasteiger partial charge in [-0.2, -0.15) is 0 Å². The smallest absolute Gasteiger partial charge is 0.331 e. The van der Waals surface area contributed by atoms with Crippen LogP contribution in [0.5, 0.6) is 0 Å². The molecule has 1 heterocycles. The zero-order chi connectivity index (χ0) is 16.1. The highest BCUT2D eigenvalue weighted by Gasteiger charge is 2.59. The lowest BCUT2D eigenvalue weighted by Gasteiger charge is -2.33. The molecule has 1 aliphatic heterocycles. The van der Waals surface area contributed by atoms with E-state index in [1.807, 2.05) is 0 Å². The normalized spacial score (nSPS) is 22.7. The second kappa shape index (κ2) is 4.81. The molecule has 1 aliphatic carbocycles. The Morgan fingerprint density at radius 2 is 1.59 bits per heavy atom. The van der Waals surface area contributed by atoms with E-state index in [9.17, 15) is 14.4 Å². The molecule has 1 saturated heterocycles. The molecule has 6 heteroatoms. The first-order valence-corrected chi connectivity index (χ1v) is 7.39. The van der Waals surface area contributed by atoms with Crippen molar-refractivity contribution >= 4 is 29.3 Å². The maximum atomic E-state index is 12.8. The molecule has 0 bridgehead atoms. The van der Waals surface area contributed by atoms with Crippen LogP contribution in [0.4, 0.5) is 0 Å². The Morgan fingerprint density at radius 1 is 1.09 bits per heavy atom. The van der Waals surface area contributed by atoms with E-state index in [4.69, 9.17) is 21.1 Å². The van der Waals surface area contributed by atoms with Gasteiger partial charge in [-0.3, -0.25) is 14.4 Å². The molecule has 0 atom stereocenters. The van der Waals surface area contributed by atoms with Crippen molar-refractivity contribution in [1.29, 1.82) is 0 Å². The van der Waals surface area contributed by atoms with Gasteiger partial charge in [-0.25, -0.2) is 0 Å². The Labute approximate surface area is 132 Å². The number of carbonyl (C=O) groups excluding carboxylic acids is 3. The first-order chi connectivity index (χ1) is 10.3. The van der Waals surface area contributed by atoms with Gasteiger partial charge < -0.3 is 9.47 Å². The van der Waals surface area contributed by atoms with Crippen molar-refractivity contribution in [3.8, 4) is 0 Å². The van der Waals surface area contributed by atoms with Crippen LogP contribution >= 0.6 is 11.6 Å². The first-order valence-electron chi connectivity index (χ1n) is 7.01. The second-order valence-corrected chi connectivity index (χ2v) is 6.56. The fraction of sp³-hybridized carbons (Fsp3) is 0.438. The van der Waals surface area contributed by atoms with Crippen molar-refractivity contribution in [1.82, 2.24) is 0 Å². The highest BCUT2D eigenvalue weighted by Crippen LogP contribution is 2.51. The van der Waals surface area contributed by atoms with Gasteiger partial charge in [-0.05, 0) is 30.5 Å². The maximum Gasteiger partial charge on any atom is 0.331 e. The minimum atomic E-state index is -1.51. The maximum absolute atomic E-state index is 12.8. The Hall–Kier alpha value is -1.88. The SMILES string of the molecule is CC1(C)OC(=O)C(C(=O)C2(c3ccc(Cl)cc3)CC2)C(=O)O1. The molecule has 2 fully saturated rings. The van der Waals surface area contributed by atoms with Crippen molar-refractivity contribution < 1.29 is 23.9 Å². The number of hydrogen-bond acceptors (Lipinski definition) is 5. The Balaban J connectivity index is 1.89. The summed E-state index contributed by atoms with van der Waals surface area (Å²) >= 11 is 5.85. The highest BCUT2D eigenvalue weighted by molar-refractivity contribution is 6.30. The predicted octanol–water partition coefficient (Wildman–Crippen LogP) is 2.39. The van der Waals surface area contributed by atoms with Gasteiger partial charge in [-0.1, -0.05) is 23.7 Å². The highest BCUT2D eigenvalue weighted by atomic mass is 35.5. The topological polar surface area (TPSA) is 69.7 Å². The van der Waals surface area contributed by atoms with Crippen LogP contribution in [-0.4, -0.2) is 23.5 Å². The Bertz CT molecular complexity index is 638. The van der Waals surface area contributed by atoms with Gasteiger partial charge in [0.25, 0.3) is 5.79 Å². The number of benzene rings is 1. The van der Waals surface area contributed by atoms with Crippen molar-refractivity contribution in [2.75, 3.05) is 0 Å². The van der Waals surface area contributed by atoms with Crippen LogP contribution in [0.25, 0.3) is 0 Å². The average Bonchev–Trinajstić information content (AvgIpc) is 3.18. The van der Waals surface area contributed by atoms with Crippen LogP contribution in [0.15, 0.2) is 24.3 Å². The van der Waals surface area contributed by atoms with Crippen LogP contribution in [0.3, 0.4) is 0 Å². The van der Waals surface area contributed by atoms with Gasteiger partial charge in [0.05, 0.1) is 5.41 Å². The molecule has 22 heavy (non-hydrogen) atoms. The standard InChI is InChI=1S/C16H15ClO5/c1-15(2)21-13(19)11(14(20)22-15)12(18)16(7-8-16)9-3-5-10(17)6-4-9/h3-6,11H,7-8H2,1-2H3. The van der Waals surface area contributed by atoms with Crippen LogP contribution in [0, 0.1) is 5.92 Å².